The minimum absolute atomic E-state index is 0.0120. The first kappa shape index (κ1) is 31.5. The second kappa shape index (κ2) is 12.7. The van der Waals surface area contributed by atoms with E-state index >= 15 is 0 Å². The topological polar surface area (TPSA) is 140 Å². The van der Waals surface area contributed by atoms with E-state index in [0.717, 1.165) is 0 Å². The standard InChI is InChI=1S/C35H19Cl3O9/c36-23-14-18(7-10-26(23)39)33(42)45-29-5-2-4-21-22(29)13-17-3-1-6-30(46-34(43)19-8-11-27(40)24(37)15-19)31(17)32(21)47-35(44)20-9-12-28(41)25(38)16-20/h1-16,39-41H. The number of rotatable bonds is 6. The molecule has 0 aliphatic carbocycles. The molecule has 0 aliphatic heterocycles. The minimum Gasteiger partial charge on any atom is -0.506 e. The number of ether oxygens (including phenoxy) is 3. The Morgan fingerprint density at radius 1 is 0.489 bits per heavy atom. The number of benzene rings is 6. The van der Waals surface area contributed by atoms with Crippen molar-refractivity contribution in [2.45, 2.75) is 0 Å². The molecule has 0 bridgehead atoms. The Bertz CT molecular complexity index is 2270. The van der Waals surface area contributed by atoms with Crippen LogP contribution in [0.4, 0.5) is 0 Å². The summed E-state index contributed by atoms with van der Waals surface area (Å²) in [6.45, 7) is 0. The van der Waals surface area contributed by atoms with E-state index in [0.29, 0.717) is 16.2 Å². The third-order valence-corrected chi connectivity index (χ3v) is 7.95. The van der Waals surface area contributed by atoms with E-state index in [1.54, 1.807) is 30.3 Å². The first-order valence-corrected chi connectivity index (χ1v) is 14.7. The first-order chi connectivity index (χ1) is 22.5. The fourth-order valence-electron chi connectivity index (χ4n) is 4.74. The van der Waals surface area contributed by atoms with Crippen LogP contribution in [0, 0.1) is 0 Å². The number of carbonyl (C=O) groups excluding carboxylic acids is 3. The summed E-state index contributed by atoms with van der Waals surface area (Å²) in [5.74, 6) is -3.00. The van der Waals surface area contributed by atoms with Crippen molar-refractivity contribution in [3.8, 4) is 34.5 Å². The zero-order valence-corrected chi connectivity index (χ0v) is 25.9. The van der Waals surface area contributed by atoms with Gasteiger partial charge in [0.05, 0.1) is 37.1 Å². The number of hydrogen-bond donors (Lipinski definition) is 3. The molecule has 0 radical (unpaired) electrons. The third-order valence-electron chi connectivity index (χ3n) is 7.05. The SMILES string of the molecule is O=C(Oc1cccc2c(OC(=O)c3ccc(O)c(Cl)c3)c3c(OC(=O)c4ccc(O)c(Cl)c4)cccc3cc12)c1ccc(O)c(Cl)c1. The smallest absolute Gasteiger partial charge is 0.343 e. The molecule has 12 heteroatoms. The second-order valence-corrected chi connectivity index (χ2v) is 11.3. The lowest BCUT2D eigenvalue weighted by Gasteiger charge is -2.17. The Morgan fingerprint density at radius 2 is 0.936 bits per heavy atom. The normalized spacial score (nSPS) is 11.0. The molecule has 9 nitrogen and oxygen atoms in total. The Kier molecular flexibility index (Phi) is 8.53. The molecule has 0 spiro atoms. The van der Waals surface area contributed by atoms with Crippen molar-refractivity contribution in [2.75, 3.05) is 0 Å². The van der Waals surface area contributed by atoms with Crippen molar-refractivity contribution in [1.29, 1.82) is 0 Å². The zero-order chi connectivity index (χ0) is 33.4. The Hall–Kier alpha value is -5.48. The Balaban J connectivity index is 1.50. The highest BCUT2D eigenvalue weighted by Crippen LogP contribution is 2.44. The summed E-state index contributed by atoms with van der Waals surface area (Å²) < 4.78 is 17.4. The number of carbonyl (C=O) groups is 3. The van der Waals surface area contributed by atoms with Gasteiger partial charge >= 0.3 is 17.9 Å². The van der Waals surface area contributed by atoms with Gasteiger partial charge in [-0.3, -0.25) is 0 Å². The van der Waals surface area contributed by atoms with Crippen molar-refractivity contribution in [1.82, 2.24) is 0 Å². The number of aromatic hydroxyl groups is 3. The van der Waals surface area contributed by atoms with Gasteiger partial charge in [0.25, 0.3) is 0 Å². The number of halogens is 3. The van der Waals surface area contributed by atoms with Crippen molar-refractivity contribution in [2.24, 2.45) is 0 Å². The Labute approximate surface area is 280 Å². The van der Waals surface area contributed by atoms with E-state index in [-0.39, 0.29) is 71.6 Å². The average Bonchev–Trinajstić information content (AvgIpc) is 3.05. The maximum Gasteiger partial charge on any atom is 0.343 e. The van der Waals surface area contributed by atoms with Crippen molar-refractivity contribution >= 4 is 74.3 Å². The monoisotopic (exact) mass is 688 g/mol. The fraction of sp³-hybridized carbons (Fsp3) is 0. The molecule has 0 fully saturated rings. The van der Waals surface area contributed by atoms with Crippen molar-refractivity contribution < 1.29 is 43.9 Å². The molecule has 3 N–H and O–H groups in total. The van der Waals surface area contributed by atoms with Crippen molar-refractivity contribution in [3.63, 3.8) is 0 Å². The first-order valence-electron chi connectivity index (χ1n) is 13.6. The molecular weight excluding hydrogens is 671 g/mol. The van der Waals surface area contributed by atoms with Gasteiger partial charge in [-0.25, -0.2) is 14.4 Å². The van der Waals surface area contributed by atoms with Gasteiger partial charge in [-0.15, -0.1) is 0 Å². The third kappa shape index (κ3) is 6.32. The lowest BCUT2D eigenvalue weighted by atomic mass is 10.0. The summed E-state index contributed by atoms with van der Waals surface area (Å²) in [5.41, 5.74) is 0.134. The van der Waals surface area contributed by atoms with Crippen LogP contribution < -0.4 is 14.2 Å². The van der Waals surface area contributed by atoms with Gasteiger partial charge in [0.15, 0.2) is 5.75 Å². The highest BCUT2D eigenvalue weighted by atomic mass is 35.5. The molecule has 47 heavy (non-hydrogen) atoms. The van der Waals surface area contributed by atoms with Crippen LogP contribution in [-0.4, -0.2) is 33.2 Å². The van der Waals surface area contributed by atoms with Crippen LogP contribution in [0.1, 0.15) is 31.1 Å². The molecule has 6 rings (SSSR count). The van der Waals surface area contributed by atoms with Crippen molar-refractivity contribution in [3.05, 3.63) is 129 Å². The molecule has 0 saturated carbocycles. The van der Waals surface area contributed by atoms with Gasteiger partial charge < -0.3 is 29.5 Å². The van der Waals surface area contributed by atoms with Crippen LogP contribution in [0.3, 0.4) is 0 Å². The summed E-state index contributed by atoms with van der Waals surface area (Å²) >= 11 is 18.0. The number of fused-ring (bicyclic) bond motifs is 2. The molecule has 0 aromatic heterocycles. The number of hydrogen-bond acceptors (Lipinski definition) is 9. The van der Waals surface area contributed by atoms with E-state index in [1.807, 2.05) is 0 Å². The van der Waals surface area contributed by atoms with E-state index < -0.39 is 17.9 Å². The molecule has 0 atom stereocenters. The maximum atomic E-state index is 13.5. The molecule has 0 unspecified atom stereocenters. The van der Waals surface area contributed by atoms with Gasteiger partial charge in [0.1, 0.15) is 28.7 Å². The molecule has 6 aromatic carbocycles. The van der Waals surface area contributed by atoms with E-state index in [1.165, 1.54) is 66.7 Å². The largest absolute Gasteiger partial charge is 0.506 e. The second-order valence-electron chi connectivity index (χ2n) is 10.1. The molecule has 0 aliphatic rings. The van der Waals surface area contributed by atoms with Gasteiger partial charge in [0, 0.05) is 10.8 Å². The van der Waals surface area contributed by atoms with Crippen LogP contribution >= 0.6 is 34.8 Å². The Morgan fingerprint density at radius 3 is 1.45 bits per heavy atom. The van der Waals surface area contributed by atoms with Gasteiger partial charge in [-0.2, -0.15) is 0 Å². The lowest BCUT2D eigenvalue weighted by molar-refractivity contribution is 0.0723. The van der Waals surface area contributed by atoms with E-state index in [9.17, 15) is 29.7 Å². The highest BCUT2D eigenvalue weighted by Gasteiger charge is 2.23. The highest BCUT2D eigenvalue weighted by molar-refractivity contribution is 6.33. The number of phenolic OH excluding ortho intramolecular Hbond substituents is 3. The fourth-order valence-corrected chi connectivity index (χ4v) is 5.28. The molecule has 234 valence electrons. The summed E-state index contributed by atoms with van der Waals surface area (Å²) in [4.78, 5) is 39.7. The van der Waals surface area contributed by atoms with Crippen LogP contribution in [0.2, 0.25) is 15.1 Å². The number of phenols is 3. The van der Waals surface area contributed by atoms with Gasteiger partial charge in [-0.1, -0.05) is 59.1 Å². The quantitative estimate of drug-likeness (QED) is 0.0890. The molecule has 0 heterocycles. The van der Waals surface area contributed by atoms with E-state index in [2.05, 4.69) is 0 Å². The van der Waals surface area contributed by atoms with Crippen LogP contribution in [0.25, 0.3) is 21.5 Å². The molecular formula is C35H19Cl3O9. The van der Waals surface area contributed by atoms with Gasteiger partial charge in [0.2, 0.25) is 0 Å². The lowest BCUT2D eigenvalue weighted by Crippen LogP contribution is -2.12. The van der Waals surface area contributed by atoms with Crippen LogP contribution in [0.15, 0.2) is 97.1 Å². The average molecular weight is 690 g/mol. The summed E-state index contributed by atoms with van der Waals surface area (Å²) in [5, 5.41) is 30.5. The van der Waals surface area contributed by atoms with Crippen LogP contribution in [0.5, 0.6) is 34.5 Å². The predicted molar refractivity (Wildman–Crippen MR) is 176 cm³/mol. The summed E-state index contributed by atoms with van der Waals surface area (Å²) in [6, 6.07) is 22.7. The summed E-state index contributed by atoms with van der Waals surface area (Å²) in [7, 11) is 0. The van der Waals surface area contributed by atoms with E-state index in [4.69, 9.17) is 49.0 Å². The maximum absolute atomic E-state index is 13.5. The zero-order valence-electron chi connectivity index (χ0n) is 23.7. The number of esters is 3. The minimum atomic E-state index is -0.853. The van der Waals surface area contributed by atoms with Gasteiger partial charge in [-0.05, 0) is 78.2 Å². The molecule has 0 saturated heterocycles. The van der Waals surface area contributed by atoms with Crippen LogP contribution in [-0.2, 0) is 0 Å². The predicted octanol–water partition coefficient (Wildman–Crippen LogP) is 8.73. The molecule has 0 amide bonds. The summed E-state index contributed by atoms with van der Waals surface area (Å²) in [6.07, 6.45) is 0. The molecule has 6 aromatic rings.